The molecule has 0 bridgehead atoms. The lowest BCUT2D eigenvalue weighted by molar-refractivity contribution is -0.115. The Bertz CT molecular complexity index is 1270. The summed E-state index contributed by atoms with van der Waals surface area (Å²) in [7, 11) is -3.83. The van der Waals surface area contributed by atoms with Gasteiger partial charge in [-0.05, 0) is 35.7 Å². The monoisotopic (exact) mass is 473 g/mol. The van der Waals surface area contributed by atoms with Gasteiger partial charge in [0.25, 0.3) is 10.0 Å². The maximum Gasteiger partial charge on any atom is 0.265 e. The highest BCUT2D eigenvalue weighted by atomic mass is 79.9. The van der Waals surface area contributed by atoms with Gasteiger partial charge in [0.05, 0.1) is 22.0 Å². The molecule has 9 heteroatoms. The van der Waals surface area contributed by atoms with Crippen LogP contribution in [-0.4, -0.2) is 26.8 Å². The smallest absolute Gasteiger partial charge is 0.265 e. The van der Waals surface area contributed by atoms with Crippen LogP contribution in [-0.2, 0) is 19.6 Å². The molecule has 3 aromatic rings. The number of rotatable bonds is 4. The van der Waals surface area contributed by atoms with E-state index in [0.29, 0.717) is 26.9 Å². The first-order valence-electron chi connectivity index (χ1n) is 8.69. The molecule has 0 spiro atoms. The van der Waals surface area contributed by atoms with E-state index in [4.69, 9.17) is 0 Å². The highest BCUT2D eigenvalue weighted by Crippen LogP contribution is 2.41. The van der Waals surface area contributed by atoms with Crippen LogP contribution in [0.5, 0.6) is 0 Å². The van der Waals surface area contributed by atoms with Gasteiger partial charge in [-0.1, -0.05) is 40.2 Å². The number of nitrogens with zero attached hydrogens (tertiary/aromatic N) is 1. The van der Waals surface area contributed by atoms with E-state index in [-0.39, 0.29) is 17.3 Å². The van der Waals surface area contributed by atoms with Crippen LogP contribution in [0.1, 0.15) is 6.92 Å². The Morgan fingerprint density at radius 2 is 1.72 bits per heavy atom. The van der Waals surface area contributed by atoms with Gasteiger partial charge in [0.1, 0.15) is 6.54 Å². The topological polar surface area (TPSA) is 95.6 Å². The van der Waals surface area contributed by atoms with Crippen LogP contribution in [0.4, 0.5) is 17.1 Å². The molecule has 7 nitrogen and oxygen atoms in total. The highest BCUT2D eigenvalue weighted by Gasteiger charge is 2.36. The van der Waals surface area contributed by atoms with Gasteiger partial charge in [-0.3, -0.25) is 13.9 Å². The summed E-state index contributed by atoms with van der Waals surface area (Å²) in [5.41, 5.74) is 1.26. The Kier molecular flexibility index (Phi) is 4.79. The van der Waals surface area contributed by atoms with E-state index in [1.807, 2.05) is 12.1 Å². The molecule has 1 aliphatic heterocycles. The molecule has 148 valence electrons. The van der Waals surface area contributed by atoms with Crippen molar-refractivity contribution in [2.24, 2.45) is 0 Å². The summed E-state index contributed by atoms with van der Waals surface area (Å²) in [4.78, 5) is 24.3. The second-order valence-corrected chi connectivity index (χ2v) is 9.31. The fourth-order valence-corrected chi connectivity index (χ4v) is 5.39. The van der Waals surface area contributed by atoms with Gasteiger partial charge in [-0.2, -0.15) is 0 Å². The summed E-state index contributed by atoms with van der Waals surface area (Å²) in [6.07, 6.45) is 0. The number of halogens is 1. The normalized spacial score (nSPS) is 14.1. The third-order valence-electron chi connectivity index (χ3n) is 4.53. The van der Waals surface area contributed by atoms with Crippen LogP contribution in [0.3, 0.4) is 0 Å². The van der Waals surface area contributed by atoms with Crippen molar-refractivity contribution < 1.29 is 18.0 Å². The molecule has 1 heterocycles. The molecule has 4 rings (SSSR count). The van der Waals surface area contributed by atoms with Gasteiger partial charge < -0.3 is 10.6 Å². The maximum absolute atomic E-state index is 13.0. The van der Waals surface area contributed by atoms with E-state index < -0.39 is 15.9 Å². The summed E-state index contributed by atoms with van der Waals surface area (Å²) in [5, 5.41) is 6.74. The number of amides is 2. The van der Waals surface area contributed by atoms with E-state index in [1.165, 1.54) is 6.92 Å². The van der Waals surface area contributed by atoms with Gasteiger partial charge in [-0.25, -0.2) is 8.42 Å². The lowest BCUT2D eigenvalue weighted by Crippen LogP contribution is -2.35. The van der Waals surface area contributed by atoms with Gasteiger partial charge in [-0.15, -0.1) is 0 Å². The third kappa shape index (κ3) is 3.47. The van der Waals surface area contributed by atoms with Gasteiger partial charge in [0.2, 0.25) is 11.8 Å². The maximum atomic E-state index is 13.0. The minimum atomic E-state index is -3.83. The first-order chi connectivity index (χ1) is 13.8. The first kappa shape index (κ1) is 19.4. The quantitative estimate of drug-likeness (QED) is 0.603. The second-order valence-electron chi connectivity index (χ2n) is 6.56. The summed E-state index contributed by atoms with van der Waals surface area (Å²) in [6, 6.07) is 15.4. The van der Waals surface area contributed by atoms with Crippen molar-refractivity contribution in [3.05, 3.63) is 59.1 Å². The molecule has 0 aliphatic carbocycles. The van der Waals surface area contributed by atoms with Crippen molar-refractivity contribution in [3.63, 3.8) is 0 Å². The Labute approximate surface area is 175 Å². The molecular formula is C20H16BrN3O4S. The number of carbonyl (C=O) groups is 2. The molecule has 0 aromatic heterocycles. The second kappa shape index (κ2) is 7.16. The fraction of sp³-hybridized carbons (Fsp3) is 0.100. The van der Waals surface area contributed by atoms with Crippen LogP contribution in [0, 0.1) is 0 Å². The summed E-state index contributed by atoms with van der Waals surface area (Å²) in [5.74, 6) is -0.810. The number of sulfonamides is 1. The zero-order valence-electron chi connectivity index (χ0n) is 15.3. The average molecular weight is 474 g/mol. The summed E-state index contributed by atoms with van der Waals surface area (Å²) >= 11 is 3.33. The average Bonchev–Trinajstić information content (AvgIpc) is 2.87. The number of hydrogen-bond acceptors (Lipinski definition) is 4. The minimum Gasteiger partial charge on any atom is -0.325 e. The number of benzene rings is 3. The van der Waals surface area contributed by atoms with Gasteiger partial charge >= 0.3 is 0 Å². The van der Waals surface area contributed by atoms with Crippen LogP contribution >= 0.6 is 15.9 Å². The van der Waals surface area contributed by atoms with E-state index >= 15 is 0 Å². The third-order valence-corrected chi connectivity index (χ3v) is 6.83. The van der Waals surface area contributed by atoms with Crippen LogP contribution < -0.4 is 14.9 Å². The fourth-order valence-electron chi connectivity index (χ4n) is 3.37. The van der Waals surface area contributed by atoms with Crippen LogP contribution in [0.2, 0.25) is 0 Å². The van der Waals surface area contributed by atoms with Crippen molar-refractivity contribution in [2.45, 2.75) is 11.8 Å². The minimum absolute atomic E-state index is 0.194. The van der Waals surface area contributed by atoms with Crippen molar-refractivity contribution in [2.75, 3.05) is 21.5 Å². The van der Waals surface area contributed by atoms with Crippen molar-refractivity contribution in [1.29, 1.82) is 0 Å². The molecule has 0 unspecified atom stereocenters. The molecule has 1 aliphatic rings. The van der Waals surface area contributed by atoms with E-state index in [1.54, 1.807) is 42.5 Å². The number of carbonyl (C=O) groups excluding carboxylic acids is 2. The Balaban J connectivity index is 1.65. The van der Waals surface area contributed by atoms with Crippen molar-refractivity contribution >= 4 is 65.6 Å². The SMILES string of the molecule is CC(=O)Nc1ccc(Br)cc1NC(=O)CN1c2cccc3cccc(c23)S1(=O)=O. The number of anilines is 3. The van der Waals surface area contributed by atoms with E-state index in [2.05, 4.69) is 26.6 Å². The Morgan fingerprint density at radius 1 is 1.00 bits per heavy atom. The molecule has 2 amide bonds. The zero-order valence-corrected chi connectivity index (χ0v) is 17.7. The van der Waals surface area contributed by atoms with Crippen molar-refractivity contribution in [1.82, 2.24) is 0 Å². The van der Waals surface area contributed by atoms with Crippen LogP contribution in [0.25, 0.3) is 10.8 Å². The standard InChI is InChI=1S/C20H16BrN3O4S/c1-12(25)22-15-9-8-14(21)10-16(15)23-19(26)11-24-17-6-2-4-13-5-3-7-18(20(13)17)29(24,27)28/h2-10H,11H2,1H3,(H,22,25)(H,23,26). The highest BCUT2D eigenvalue weighted by molar-refractivity contribution is 9.10. The molecule has 3 aromatic carbocycles. The van der Waals surface area contributed by atoms with E-state index in [9.17, 15) is 18.0 Å². The van der Waals surface area contributed by atoms with Crippen LogP contribution in [0.15, 0.2) is 64.0 Å². The first-order valence-corrected chi connectivity index (χ1v) is 10.9. The number of nitrogens with one attached hydrogen (secondary N) is 2. The van der Waals surface area contributed by atoms with E-state index in [0.717, 1.165) is 9.69 Å². The molecule has 0 saturated carbocycles. The summed E-state index contributed by atoms with van der Waals surface area (Å²) in [6.45, 7) is 0.977. The van der Waals surface area contributed by atoms with Crippen molar-refractivity contribution in [3.8, 4) is 0 Å². The zero-order chi connectivity index (χ0) is 20.8. The predicted molar refractivity (Wildman–Crippen MR) is 116 cm³/mol. The molecule has 0 atom stereocenters. The molecule has 0 fully saturated rings. The predicted octanol–water partition coefficient (Wildman–Crippen LogP) is 3.71. The van der Waals surface area contributed by atoms with Gasteiger partial charge in [0, 0.05) is 16.8 Å². The molecule has 0 radical (unpaired) electrons. The molecule has 29 heavy (non-hydrogen) atoms. The lowest BCUT2D eigenvalue weighted by atomic mass is 10.1. The number of hydrogen-bond donors (Lipinski definition) is 2. The summed E-state index contributed by atoms with van der Waals surface area (Å²) < 4.78 is 27.8. The van der Waals surface area contributed by atoms with Gasteiger partial charge in [0.15, 0.2) is 0 Å². The Morgan fingerprint density at radius 3 is 2.45 bits per heavy atom. The molecule has 0 saturated heterocycles. The Hall–Kier alpha value is -2.91. The molecule has 2 N–H and O–H groups in total. The molecular weight excluding hydrogens is 458 g/mol. The lowest BCUT2D eigenvalue weighted by Gasteiger charge is -2.19. The largest absolute Gasteiger partial charge is 0.325 e.